The third-order valence-electron chi connectivity index (χ3n) is 3.83. The summed E-state index contributed by atoms with van der Waals surface area (Å²) in [5.41, 5.74) is 1.82. The number of carbonyl (C=O) groups is 2. The van der Waals surface area contributed by atoms with Gasteiger partial charge in [0.15, 0.2) is 0 Å². The maximum atomic E-state index is 12.1. The van der Waals surface area contributed by atoms with Crippen LogP contribution in [0.1, 0.15) is 24.8 Å². The van der Waals surface area contributed by atoms with Crippen molar-refractivity contribution in [2.24, 2.45) is 11.8 Å². The fraction of sp³-hybridized carbons (Fsp3) is 0.467. The van der Waals surface area contributed by atoms with Gasteiger partial charge in [-0.1, -0.05) is 15.9 Å². The van der Waals surface area contributed by atoms with E-state index in [4.69, 9.17) is 0 Å². The van der Waals surface area contributed by atoms with Gasteiger partial charge in [0.25, 0.3) is 0 Å². The number of nitrogens with one attached hydrogen (secondary N) is 2. The molecule has 2 fully saturated rings. The zero-order valence-corrected chi connectivity index (χ0v) is 12.9. The summed E-state index contributed by atoms with van der Waals surface area (Å²) in [6.45, 7) is 1.95. The van der Waals surface area contributed by atoms with E-state index in [-0.39, 0.29) is 23.7 Å². The first-order valence-electron chi connectivity index (χ1n) is 6.92. The summed E-state index contributed by atoms with van der Waals surface area (Å²) in [6, 6.07) is 6.09. The molecule has 2 saturated carbocycles. The third-order valence-corrected chi connectivity index (χ3v) is 4.33. The Morgan fingerprint density at radius 2 is 1.90 bits per heavy atom. The van der Waals surface area contributed by atoms with E-state index < -0.39 is 0 Å². The molecule has 2 atom stereocenters. The van der Waals surface area contributed by atoms with Crippen molar-refractivity contribution in [1.82, 2.24) is 5.32 Å². The van der Waals surface area contributed by atoms with E-state index in [1.54, 1.807) is 0 Å². The molecule has 0 radical (unpaired) electrons. The van der Waals surface area contributed by atoms with E-state index in [0.29, 0.717) is 12.5 Å². The standard InChI is InChI=1S/C15H17BrN2O2/c1-8-6-9(16)2-5-13(8)18-15(20)12-7-11(12)14(19)17-10-3-4-10/h2,5-6,10-12H,3-4,7H2,1H3,(H,17,19)(H,18,20). The second-order valence-electron chi connectivity index (χ2n) is 5.68. The first-order valence-corrected chi connectivity index (χ1v) is 7.71. The van der Waals surface area contributed by atoms with Crippen molar-refractivity contribution in [2.75, 3.05) is 5.32 Å². The molecule has 3 rings (SSSR count). The molecule has 106 valence electrons. The maximum Gasteiger partial charge on any atom is 0.228 e. The number of aryl methyl sites for hydroxylation is 1. The van der Waals surface area contributed by atoms with Crippen LogP contribution in [0.25, 0.3) is 0 Å². The summed E-state index contributed by atoms with van der Waals surface area (Å²) in [5.74, 6) is -0.310. The predicted molar refractivity (Wildman–Crippen MR) is 80.3 cm³/mol. The van der Waals surface area contributed by atoms with Crippen molar-refractivity contribution in [1.29, 1.82) is 0 Å². The van der Waals surface area contributed by atoms with Crippen LogP contribution in [0.15, 0.2) is 22.7 Å². The molecule has 2 aliphatic carbocycles. The van der Waals surface area contributed by atoms with Gasteiger partial charge in [0, 0.05) is 16.2 Å². The van der Waals surface area contributed by atoms with Gasteiger partial charge in [-0.15, -0.1) is 0 Å². The van der Waals surface area contributed by atoms with Crippen LogP contribution in [0.5, 0.6) is 0 Å². The number of hydrogen-bond acceptors (Lipinski definition) is 2. The van der Waals surface area contributed by atoms with Gasteiger partial charge in [0.2, 0.25) is 11.8 Å². The van der Waals surface area contributed by atoms with Crippen LogP contribution in [0.3, 0.4) is 0 Å². The fourth-order valence-corrected chi connectivity index (χ4v) is 2.78. The Hall–Kier alpha value is -1.36. The Balaban J connectivity index is 1.56. The Morgan fingerprint density at radius 1 is 1.20 bits per heavy atom. The maximum absolute atomic E-state index is 12.1. The van der Waals surface area contributed by atoms with Crippen LogP contribution in [-0.4, -0.2) is 17.9 Å². The molecule has 1 aromatic carbocycles. The van der Waals surface area contributed by atoms with Crippen LogP contribution in [0.2, 0.25) is 0 Å². The molecule has 5 heteroatoms. The smallest absolute Gasteiger partial charge is 0.228 e. The van der Waals surface area contributed by atoms with Crippen molar-refractivity contribution in [3.63, 3.8) is 0 Å². The first-order chi connectivity index (χ1) is 9.54. The highest BCUT2D eigenvalue weighted by atomic mass is 79.9. The Labute approximate surface area is 126 Å². The average molecular weight is 337 g/mol. The van der Waals surface area contributed by atoms with Crippen LogP contribution >= 0.6 is 15.9 Å². The lowest BCUT2D eigenvalue weighted by atomic mass is 10.2. The normalized spacial score (nSPS) is 24.1. The van der Waals surface area contributed by atoms with Crippen LogP contribution in [0, 0.1) is 18.8 Å². The topological polar surface area (TPSA) is 58.2 Å². The van der Waals surface area contributed by atoms with E-state index in [1.807, 2.05) is 25.1 Å². The van der Waals surface area contributed by atoms with Gasteiger partial charge in [0.05, 0.1) is 11.8 Å². The van der Waals surface area contributed by atoms with Crippen LogP contribution < -0.4 is 10.6 Å². The summed E-state index contributed by atoms with van der Waals surface area (Å²) >= 11 is 3.40. The number of anilines is 1. The Bertz CT molecular complexity index is 569. The SMILES string of the molecule is Cc1cc(Br)ccc1NC(=O)C1CC1C(=O)NC1CC1. The molecule has 0 heterocycles. The number of halogens is 1. The minimum absolute atomic E-state index is 0.0418. The van der Waals surface area contributed by atoms with Gasteiger partial charge in [-0.3, -0.25) is 9.59 Å². The molecule has 0 spiro atoms. The van der Waals surface area contributed by atoms with Crippen LogP contribution in [-0.2, 0) is 9.59 Å². The molecule has 1 aromatic rings. The van der Waals surface area contributed by atoms with E-state index in [2.05, 4.69) is 26.6 Å². The number of amides is 2. The monoisotopic (exact) mass is 336 g/mol. The highest BCUT2D eigenvalue weighted by Crippen LogP contribution is 2.40. The van der Waals surface area contributed by atoms with Crippen molar-refractivity contribution >= 4 is 33.4 Å². The van der Waals surface area contributed by atoms with Gasteiger partial charge in [-0.25, -0.2) is 0 Å². The summed E-state index contributed by atoms with van der Waals surface area (Å²) < 4.78 is 0.987. The number of benzene rings is 1. The van der Waals surface area contributed by atoms with E-state index >= 15 is 0 Å². The van der Waals surface area contributed by atoms with Crippen LogP contribution in [0.4, 0.5) is 5.69 Å². The molecular weight excluding hydrogens is 320 g/mol. The third kappa shape index (κ3) is 3.03. The molecule has 20 heavy (non-hydrogen) atoms. The van der Waals surface area contributed by atoms with E-state index in [0.717, 1.165) is 28.6 Å². The molecule has 2 aliphatic rings. The van der Waals surface area contributed by atoms with Crippen molar-refractivity contribution in [3.05, 3.63) is 28.2 Å². The Kier molecular flexibility index (Phi) is 3.54. The fourth-order valence-electron chi connectivity index (χ4n) is 2.30. The van der Waals surface area contributed by atoms with Gasteiger partial charge in [0.1, 0.15) is 0 Å². The van der Waals surface area contributed by atoms with Gasteiger partial charge in [-0.05, 0) is 49.9 Å². The second-order valence-corrected chi connectivity index (χ2v) is 6.60. The second kappa shape index (κ2) is 5.20. The highest BCUT2D eigenvalue weighted by molar-refractivity contribution is 9.10. The predicted octanol–water partition coefficient (Wildman–Crippen LogP) is 2.61. The van der Waals surface area contributed by atoms with Crippen molar-refractivity contribution in [3.8, 4) is 0 Å². The molecule has 0 aromatic heterocycles. The first kappa shape index (κ1) is 13.6. The lowest BCUT2D eigenvalue weighted by molar-refractivity contribution is -0.125. The molecule has 0 bridgehead atoms. The van der Waals surface area contributed by atoms with Gasteiger partial charge >= 0.3 is 0 Å². The molecule has 0 aliphatic heterocycles. The molecule has 4 nitrogen and oxygen atoms in total. The zero-order chi connectivity index (χ0) is 14.3. The number of rotatable bonds is 4. The van der Waals surface area contributed by atoms with Gasteiger partial charge in [-0.2, -0.15) is 0 Å². The quantitative estimate of drug-likeness (QED) is 0.887. The van der Waals surface area contributed by atoms with Gasteiger partial charge < -0.3 is 10.6 Å². The summed E-state index contributed by atoms with van der Waals surface area (Å²) in [7, 11) is 0. The zero-order valence-electron chi connectivity index (χ0n) is 11.3. The number of carbonyl (C=O) groups excluding carboxylic acids is 2. The minimum Gasteiger partial charge on any atom is -0.353 e. The lowest BCUT2D eigenvalue weighted by Gasteiger charge is -2.08. The number of hydrogen-bond donors (Lipinski definition) is 2. The molecule has 2 N–H and O–H groups in total. The van der Waals surface area contributed by atoms with Crippen molar-refractivity contribution < 1.29 is 9.59 Å². The van der Waals surface area contributed by atoms with E-state index in [9.17, 15) is 9.59 Å². The largest absolute Gasteiger partial charge is 0.353 e. The molecular formula is C15H17BrN2O2. The highest BCUT2D eigenvalue weighted by Gasteiger charge is 2.48. The average Bonchev–Trinajstić information content (AvgIpc) is 3.24. The summed E-state index contributed by atoms with van der Waals surface area (Å²) in [5, 5.41) is 5.87. The summed E-state index contributed by atoms with van der Waals surface area (Å²) in [4.78, 5) is 24.0. The van der Waals surface area contributed by atoms with Crippen molar-refractivity contribution in [2.45, 2.75) is 32.2 Å². The van der Waals surface area contributed by atoms with E-state index in [1.165, 1.54) is 0 Å². The lowest BCUT2D eigenvalue weighted by Crippen LogP contribution is -2.29. The molecule has 2 unspecified atom stereocenters. The molecule has 2 amide bonds. The Morgan fingerprint density at radius 3 is 2.55 bits per heavy atom. The molecule has 0 saturated heterocycles. The summed E-state index contributed by atoms with van der Waals surface area (Å²) in [6.07, 6.45) is 2.82. The minimum atomic E-state index is -0.170.